The molecule has 0 aliphatic heterocycles. The van der Waals surface area contributed by atoms with Gasteiger partial charge < -0.3 is 15.7 Å². The lowest BCUT2D eigenvalue weighted by atomic mass is 9.79. The molecule has 0 saturated heterocycles. The molecule has 0 aromatic heterocycles. The van der Waals surface area contributed by atoms with E-state index in [1.807, 2.05) is 0 Å². The lowest BCUT2D eigenvalue weighted by Gasteiger charge is -2.29. The van der Waals surface area contributed by atoms with Gasteiger partial charge >= 0.3 is 12.0 Å². The van der Waals surface area contributed by atoms with Crippen molar-refractivity contribution >= 4 is 17.9 Å². The van der Waals surface area contributed by atoms with Gasteiger partial charge in [-0.2, -0.15) is 0 Å². The van der Waals surface area contributed by atoms with Crippen LogP contribution in [0, 0.1) is 11.8 Å². The van der Waals surface area contributed by atoms with Gasteiger partial charge in [-0.05, 0) is 32.2 Å². The smallest absolute Gasteiger partial charge is 0.321 e. The maximum absolute atomic E-state index is 11.6. The fourth-order valence-electron chi connectivity index (χ4n) is 2.48. The number of carbonyl (C=O) groups is 3. The minimum Gasteiger partial charge on any atom is -0.481 e. The van der Waals surface area contributed by atoms with Crippen LogP contribution in [0.2, 0.25) is 0 Å². The predicted octanol–water partition coefficient (Wildman–Crippen LogP) is 0.311. The molecule has 4 N–H and O–H groups in total. The molecule has 1 rings (SSSR count). The van der Waals surface area contributed by atoms with Crippen LogP contribution in [0.1, 0.15) is 32.6 Å². The van der Waals surface area contributed by atoms with Gasteiger partial charge in [-0.25, -0.2) is 4.79 Å². The Kier molecular flexibility index (Phi) is 6.44. The highest BCUT2D eigenvalue weighted by Gasteiger charge is 2.31. The normalized spacial score (nSPS) is 23.7. The molecule has 1 saturated carbocycles. The second-order valence-electron chi connectivity index (χ2n) is 5.19. The number of hydrogen-bond acceptors (Lipinski definition) is 4. The van der Waals surface area contributed by atoms with Crippen molar-refractivity contribution in [1.82, 2.24) is 16.0 Å². The van der Waals surface area contributed by atoms with Crippen LogP contribution in [0.15, 0.2) is 0 Å². The quantitative estimate of drug-likeness (QED) is 0.581. The van der Waals surface area contributed by atoms with Gasteiger partial charge in [-0.15, -0.1) is 0 Å². The number of hydrogen-bond donors (Lipinski definition) is 4. The fraction of sp³-hybridized carbons (Fsp3) is 0.769. The molecule has 1 aliphatic rings. The van der Waals surface area contributed by atoms with E-state index in [9.17, 15) is 19.5 Å². The van der Waals surface area contributed by atoms with E-state index in [2.05, 4.69) is 16.0 Å². The minimum absolute atomic E-state index is 0.0384. The van der Waals surface area contributed by atoms with Crippen LogP contribution in [0.3, 0.4) is 0 Å². The molecule has 3 unspecified atom stereocenters. The number of amides is 3. The maximum atomic E-state index is 11.6. The van der Waals surface area contributed by atoms with Crippen LogP contribution in [-0.2, 0) is 9.59 Å². The zero-order chi connectivity index (χ0) is 15.1. The number of carbonyl (C=O) groups excluding carboxylic acids is 2. The van der Waals surface area contributed by atoms with Crippen LogP contribution in [0.4, 0.5) is 4.79 Å². The maximum Gasteiger partial charge on any atom is 0.321 e. The summed E-state index contributed by atoms with van der Waals surface area (Å²) in [6, 6.07) is -1.09. The average molecular weight is 285 g/mol. The van der Waals surface area contributed by atoms with Crippen LogP contribution < -0.4 is 16.0 Å². The van der Waals surface area contributed by atoms with Crippen molar-refractivity contribution in [1.29, 1.82) is 0 Å². The Balaban J connectivity index is 2.42. The van der Waals surface area contributed by atoms with E-state index >= 15 is 0 Å². The molecule has 0 heterocycles. The van der Waals surface area contributed by atoms with Gasteiger partial charge in [0.15, 0.2) is 0 Å². The fourth-order valence-corrected chi connectivity index (χ4v) is 2.48. The Hall–Kier alpha value is -1.63. The van der Waals surface area contributed by atoms with Crippen molar-refractivity contribution in [2.45, 2.75) is 38.6 Å². The Morgan fingerprint density at radius 1 is 1.25 bits per heavy atom. The largest absolute Gasteiger partial charge is 0.481 e. The third kappa shape index (κ3) is 4.80. The third-order valence-corrected chi connectivity index (χ3v) is 3.77. The predicted molar refractivity (Wildman–Crippen MR) is 73.1 cm³/mol. The first-order valence-corrected chi connectivity index (χ1v) is 6.94. The Labute approximate surface area is 118 Å². The molecule has 20 heavy (non-hydrogen) atoms. The number of carboxylic acids is 1. The van der Waals surface area contributed by atoms with Gasteiger partial charge in [-0.1, -0.05) is 12.8 Å². The molecular formula is C13H23N3O4. The number of nitrogens with one attached hydrogen (secondary N) is 3. The van der Waals surface area contributed by atoms with Crippen molar-refractivity contribution in [2.75, 3.05) is 13.6 Å². The average Bonchev–Trinajstić information content (AvgIpc) is 2.44. The lowest BCUT2D eigenvalue weighted by Crippen LogP contribution is -2.49. The number of aliphatic carboxylic acids is 1. The standard InChI is InChI=1S/C13H23N3O4/c1-8(11(17)16-13(20)14-2)15-7-9-5-3-4-6-10(9)12(18)19/h8-10,15H,3-7H2,1-2H3,(H,18,19)(H2,14,16,17,20). The van der Waals surface area contributed by atoms with Gasteiger partial charge in [0.25, 0.3) is 0 Å². The van der Waals surface area contributed by atoms with Crippen LogP contribution in [0.5, 0.6) is 0 Å². The Morgan fingerprint density at radius 2 is 1.90 bits per heavy atom. The highest BCUT2D eigenvalue weighted by Crippen LogP contribution is 2.29. The molecule has 0 radical (unpaired) electrons. The van der Waals surface area contributed by atoms with Crippen molar-refractivity contribution in [3.05, 3.63) is 0 Å². The molecule has 0 spiro atoms. The van der Waals surface area contributed by atoms with Crippen molar-refractivity contribution in [2.24, 2.45) is 11.8 Å². The van der Waals surface area contributed by atoms with E-state index in [0.29, 0.717) is 13.0 Å². The molecule has 7 nitrogen and oxygen atoms in total. The molecule has 114 valence electrons. The number of urea groups is 1. The molecular weight excluding hydrogens is 262 g/mol. The molecule has 1 aliphatic carbocycles. The molecule has 3 atom stereocenters. The highest BCUT2D eigenvalue weighted by atomic mass is 16.4. The summed E-state index contributed by atoms with van der Waals surface area (Å²) in [6.07, 6.45) is 3.52. The van der Waals surface area contributed by atoms with E-state index < -0.39 is 23.9 Å². The first kappa shape index (κ1) is 16.4. The van der Waals surface area contributed by atoms with Gasteiger partial charge in [0.2, 0.25) is 5.91 Å². The monoisotopic (exact) mass is 285 g/mol. The second kappa shape index (κ2) is 7.84. The van der Waals surface area contributed by atoms with Crippen LogP contribution >= 0.6 is 0 Å². The highest BCUT2D eigenvalue weighted by molar-refractivity contribution is 5.96. The van der Waals surface area contributed by atoms with E-state index in [-0.39, 0.29) is 11.8 Å². The van der Waals surface area contributed by atoms with E-state index in [0.717, 1.165) is 19.3 Å². The molecule has 3 amide bonds. The van der Waals surface area contributed by atoms with Crippen molar-refractivity contribution in [3.8, 4) is 0 Å². The molecule has 0 aromatic carbocycles. The lowest BCUT2D eigenvalue weighted by molar-refractivity contribution is -0.144. The van der Waals surface area contributed by atoms with Crippen LogP contribution in [-0.4, -0.2) is 42.6 Å². The van der Waals surface area contributed by atoms with E-state index in [1.54, 1.807) is 6.92 Å². The Bertz CT molecular complexity index is 373. The summed E-state index contributed by atoms with van der Waals surface area (Å²) in [6.45, 7) is 2.12. The molecule has 0 aromatic rings. The Morgan fingerprint density at radius 3 is 2.50 bits per heavy atom. The van der Waals surface area contributed by atoms with Gasteiger partial charge in [0.1, 0.15) is 0 Å². The zero-order valence-corrected chi connectivity index (χ0v) is 11.9. The summed E-state index contributed by atoms with van der Waals surface area (Å²) >= 11 is 0. The van der Waals surface area contributed by atoms with Crippen molar-refractivity contribution in [3.63, 3.8) is 0 Å². The SMILES string of the molecule is CNC(=O)NC(=O)C(C)NCC1CCCCC1C(=O)O. The number of carboxylic acid groups (broad SMARTS) is 1. The summed E-state index contributed by atoms with van der Waals surface area (Å²) in [5.74, 6) is -1.49. The van der Waals surface area contributed by atoms with Gasteiger partial charge in [-0.3, -0.25) is 14.9 Å². The summed E-state index contributed by atoms with van der Waals surface area (Å²) in [5, 5.41) is 16.7. The zero-order valence-electron chi connectivity index (χ0n) is 11.9. The minimum atomic E-state index is -0.765. The number of imide groups is 1. The summed E-state index contributed by atoms with van der Waals surface area (Å²) < 4.78 is 0. The number of rotatable bonds is 5. The van der Waals surface area contributed by atoms with Crippen LogP contribution in [0.25, 0.3) is 0 Å². The third-order valence-electron chi connectivity index (χ3n) is 3.77. The molecule has 1 fully saturated rings. The van der Waals surface area contributed by atoms with Gasteiger partial charge in [0, 0.05) is 7.05 Å². The van der Waals surface area contributed by atoms with Gasteiger partial charge in [0.05, 0.1) is 12.0 Å². The molecule has 7 heteroatoms. The summed E-state index contributed by atoms with van der Waals surface area (Å²) in [7, 11) is 1.43. The van der Waals surface area contributed by atoms with E-state index in [4.69, 9.17) is 0 Å². The first-order chi connectivity index (χ1) is 9.45. The first-order valence-electron chi connectivity index (χ1n) is 6.94. The van der Waals surface area contributed by atoms with E-state index in [1.165, 1.54) is 7.05 Å². The molecule has 0 bridgehead atoms. The summed E-state index contributed by atoms with van der Waals surface area (Å²) in [4.78, 5) is 33.8. The summed E-state index contributed by atoms with van der Waals surface area (Å²) in [5.41, 5.74) is 0. The topological polar surface area (TPSA) is 108 Å². The second-order valence-corrected chi connectivity index (χ2v) is 5.19. The van der Waals surface area contributed by atoms with Crippen molar-refractivity contribution < 1.29 is 19.5 Å².